The van der Waals surface area contributed by atoms with Crippen LogP contribution in [0.15, 0.2) is 18.2 Å². The van der Waals surface area contributed by atoms with E-state index in [1.165, 1.54) is 36.9 Å². The number of unbranched alkanes of at least 4 members (excludes halogenated alkanes) is 1. The highest BCUT2D eigenvalue weighted by atomic mass is 16.3. The van der Waals surface area contributed by atoms with Crippen LogP contribution in [0.5, 0.6) is 0 Å². The zero-order valence-corrected chi connectivity index (χ0v) is 10.9. The van der Waals surface area contributed by atoms with Crippen molar-refractivity contribution < 1.29 is 5.11 Å². The van der Waals surface area contributed by atoms with E-state index in [9.17, 15) is 5.11 Å². The molecule has 1 aliphatic rings. The van der Waals surface area contributed by atoms with E-state index in [0.717, 1.165) is 18.2 Å². The predicted octanol–water partition coefficient (Wildman–Crippen LogP) is 3.26. The summed E-state index contributed by atoms with van der Waals surface area (Å²) in [5, 5.41) is 9.49. The van der Waals surface area contributed by atoms with Gasteiger partial charge in [-0.2, -0.15) is 0 Å². The van der Waals surface area contributed by atoms with Gasteiger partial charge in [0.15, 0.2) is 0 Å². The first-order valence-corrected chi connectivity index (χ1v) is 6.73. The summed E-state index contributed by atoms with van der Waals surface area (Å²) in [5.74, 6) is 0. The molecule has 94 valence electrons. The number of anilines is 1. The number of hydrogen-bond donors (Lipinski definition) is 1. The summed E-state index contributed by atoms with van der Waals surface area (Å²) in [6.07, 6.45) is 5.07. The average Bonchev–Trinajstić information content (AvgIpc) is 3.15. The molecule has 0 spiro atoms. The first kappa shape index (κ1) is 12.4. The summed E-state index contributed by atoms with van der Waals surface area (Å²) in [7, 11) is 0. The molecule has 17 heavy (non-hydrogen) atoms. The standard InChI is InChI=1S/C15H23NO/c1-3-4-9-16(14-6-7-14)15-8-5-12(2)10-13(15)11-17/h5,8,10,14,17H,3-4,6-7,9,11H2,1-2H3. The van der Waals surface area contributed by atoms with Gasteiger partial charge in [0.05, 0.1) is 6.61 Å². The Bertz CT molecular complexity index is 371. The molecule has 0 radical (unpaired) electrons. The number of aryl methyl sites for hydroxylation is 1. The molecule has 1 saturated carbocycles. The quantitative estimate of drug-likeness (QED) is 0.815. The number of aliphatic hydroxyl groups is 1. The van der Waals surface area contributed by atoms with E-state index in [1.54, 1.807) is 0 Å². The molecule has 1 fully saturated rings. The minimum absolute atomic E-state index is 0.145. The molecule has 0 atom stereocenters. The Balaban J connectivity index is 2.21. The van der Waals surface area contributed by atoms with Crippen molar-refractivity contribution in [3.63, 3.8) is 0 Å². The molecule has 0 heterocycles. The Morgan fingerprint density at radius 1 is 1.35 bits per heavy atom. The number of rotatable bonds is 6. The third-order valence-corrected chi connectivity index (χ3v) is 3.45. The second-order valence-corrected chi connectivity index (χ2v) is 5.07. The second kappa shape index (κ2) is 5.54. The maximum Gasteiger partial charge on any atom is 0.0702 e. The lowest BCUT2D eigenvalue weighted by molar-refractivity contribution is 0.282. The van der Waals surface area contributed by atoms with Gasteiger partial charge in [-0.1, -0.05) is 31.0 Å². The van der Waals surface area contributed by atoms with Crippen molar-refractivity contribution in [3.05, 3.63) is 29.3 Å². The lowest BCUT2D eigenvalue weighted by Crippen LogP contribution is -2.27. The van der Waals surface area contributed by atoms with Crippen LogP contribution in [0.1, 0.15) is 43.7 Å². The van der Waals surface area contributed by atoms with E-state index in [1.807, 2.05) is 0 Å². The Morgan fingerprint density at radius 3 is 2.71 bits per heavy atom. The summed E-state index contributed by atoms with van der Waals surface area (Å²) >= 11 is 0. The summed E-state index contributed by atoms with van der Waals surface area (Å²) in [6.45, 7) is 5.58. The number of hydrogen-bond acceptors (Lipinski definition) is 2. The SMILES string of the molecule is CCCCN(c1ccc(C)cc1CO)C1CC1. The van der Waals surface area contributed by atoms with Crippen LogP contribution in [0.3, 0.4) is 0 Å². The molecule has 0 bridgehead atoms. The minimum Gasteiger partial charge on any atom is -0.392 e. The van der Waals surface area contributed by atoms with Gasteiger partial charge < -0.3 is 10.0 Å². The maximum absolute atomic E-state index is 9.49. The van der Waals surface area contributed by atoms with Crippen molar-refractivity contribution in [2.45, 2.75) is 52.2 Å². The average molecular weight is 233 g/mol. The smallest absolute Gasteiger partial charge is 0.0702 e. The summed E-state index contributed by atoms with van der Waals surface area (Å²) in [5.41, 5.74) is 3.55. The van der Waals surface area contributed by atoms with Crippen LogP contribution < -0.4 is 4.90 Å². The molecule has 1 aliphatic carbocycles. The van der Waals surface area contributed by atoms with Crippen LogP contribution in [0.4, 0.5) is 5.69 Å². The van der Waals surface area contributed by atoms with Gasteiger partial charge in [-0.15, -0.1) is 0 Å². The van der Waals surface area contributed by atoms with E-state index < -0.39 is 0 Å². The number of benzene rings is 1. The zero-order valence-electron chi connectivity index (χ0n) is 10.9. The lowest BCUT2D eigenvalue weighted by atomic mass is 10.1. The Hall–Kier alpha value is -1.02. The van der Waals surface area contributed by atoms with Gasteiger partial charge in [0.25, 0.3) is 0 Å². The van der Waals surface area contributed by atoms with Gasteiger partial charge in [0.1, 0.15) is 0 Å². The fraction of sp³-hybridized carbons (Fsp3) is 0.600. The summed E-state index contributed by atoms with van der Waals surface area (Å²) in [6, 6.07) is 7.15. The van der Waals surface area contributed by atoms with Crippen molar-refractivity contribution in [1.29, 1.82) is 0 Å². The first-order chi connectivity index (χ1) is 8.26. The fourth-order valence-electron chi connectivity index (χ4n) is 2.34. The highest BCUT2D eigenvalue weighted by molar-refractivity contribution is 5.56. The highest BCUT2D eigenvalue weighted by Gasteiger charge is 2.29. The van der Waals surface area contributed by atoms with Gasteiger partial charge in [-0.25, -0.2) is 0 Å². The van der Waals surface area contributed by atoms with E-state index in [0.29, 0.717) is 0 Å². The highest BCUT2D eigenvalue weighted by Crippen LogP contribution is 2.34. The van der Waals surface area contributed by atoms with Crippen LogP contribution in [0.25, 0.3) is 0 Å². The molecule has 2 nitrogen and oxygen atoms in total. The van der Waals surface area contributed by atoms with Crippen molar-refractivity contribution in [1.82, 2.24) is 0 Å². The molecule has 0 unspecified atom stereocenters. The summed E-state index contributed by atoms with van der Waals surface area (Å²) < 4.78 is 0. The Kier molecular flexibility index (Phi) is 4.06. The monoisotopic (exact) mass is 233 g/mol. The molecular formula is C15H23NO. The van der Waals surface area contributed by atoms with Gasteiger partial charge >= 0.3 is 0 Å². The normalized spacial score (nSPS) is 15.0. The van der Waals surface area contributed by atoms with E-state index >= 15 is 0 Å². The molecule has 0 amide bonds. The van der Waals surface area contributed by atoms with Crippen LogP contribution in [0, 0.1) is 6.92 Å². The van der Waals surface area contributed by atoms with E-state index in [2.05, 4.69) is 36.9 Å². The molecule has 0 aromatic heterocycles. The largest absolute Gasteiger partial charge is 0.392 e. The van der Waals surface area contributed by atoms with Crippen molar-refractivity contribution >= 4 is 5.69 Å². The maximum atomic E-state index is 9.49. The molecular weight excluding hydrogens is 210 g/mol. The number of nitrogens with zero attached hydrogens (tertiary/aromatic N) is 1. The topological polar surface area (TPSA) is 23.5 Å². The number of aliphatic hydroxyl groups excluding tert-OH is 1. The van der Waals surface area contributed by atoms with Crippen LogP contribution in [0.2, 0.25) is 0 Å². The fourth-order valence-corrected chi connectivity index (χ4v) is 2.34. The third-order valence-electron chi connectivity index (χ3n) is 3.45. The lowest BCUT2D eigenvalue weighted by Gasteiger charge is -2.27. The molecule has 2 rings (SSSR count). The molecule has 2 heteroatoms. The Morgan fingerprint density at radius 2 is 2.12 bits per heavy atom. The van der Waals surface area contributed by atoms with Gasteiger partial charge in [-0.3, -0.25) is 0 Å². The first-order valence-electron chi connectivity index (χ1n) is 6.73. The molecule has 1 aromatic rings. The zero-order chi connectivity index (χ0) is 12.3. The second-order valence-electron chi connectivity index (χ2n) is 5.07. The van der Waals surface area contributed by atoms with Crippen LogP contribution in [-0.4, -0.2) is 17.7 Å². The Labute approximate surface area is 104 Å². The third kappa shape index (κ3) is 3.01. The minimum atomic E-state index is 0.145. The van der Waals surface area contributed by atoms with E-state index in [-0.39, 0.29) is 6.61 Å². The molecule has 1 aromatic carbocycles. The van der Waals surface area contributed by atoms with Crippen molar-refractivity contribution in [2.75, 3.05) is 11.4 Å². The van der Waals surface area contributed by atoms with Gasteiger partial charge in [0, 0.05) is 23.8 Å². The summed E-state index contributed by atoms with van der Waals surface area (Å²) in [4.78, 5) is 2.49. The molecule has 0 aliphatic heterocycles. The van der Waals surface area contributed by atoms with Gasteiger partial charge in [-0.05, 0) is 32.3 Å². The molecule has 1 N–H and O–H groups in total. The molecule has 0 saturated heterocycles. The van der Waals surface area contributed by atoms with Crippen LogP contribution >= 0.6 is 0 Å². The van der Waals surface area contributed by atoms with Crippen molar-refractivity contribution in [3.8, 4) is 0 Å². The van der Waals surface area contributed by atoms with E-state index in [4.69, 9.17) is 0 Å². The van der Waals surface area contributed by atoms with Crippen molar-refractivity contribution in [2.24, 2.45) is 0 Å². The van der Waals surface area contributed by atoms with Gasteiger partial charge in [0.2, 0.25) is 0 Å². The van der Waals surface area contributed by atoms with Crippen LogP contribution in [-0.2, 0) is 6.61 Å². The predicted molar refractivity (Wildman–Crippen MR) is 72.4 cm³/mol.